The summed E-state index contributed by atoms with van der Waals surface area (Å²) in [5.41, 5.74) is 0.850. The molecule has 0 bridgehead atoms. The Hall–Kier alpha value is -4.12. The van der Waals surface area contributed by atoms with E-state index in [9.17, 15) is 18.3 Å². The Morgan fingerprint density at radius 2 is 2.00 bits per heavy atom. The van der Waals surface area contributed by atoms with Gasteiger partial charge in [0.1, 0.15) is 41.4 Å². The molecule has 11 heteroatoms. The Balaban J connectivity index is 1.79. The van der Waals surface area contributed by atoms with Crippen LogP contribution in [0.15, 0.2) is 63.1 Å². The number of oxazole rings is 1. The molecule has 3 heterocycles. The van der Waals surface area contributed by atoms with Crippen molar-refractivity contribution in [1.82, 2.24) is 4.98 Å². The van der Waals surface area contributed by atoms with E-state index in [0.717, 1.165) is 5.57 Å². The highest BCUT2D eigenvalue weighted by Gasteiger charge is 2.48. The number of fused-ring (bicyclic) bond motifs is 1. The highest BCUT2D eigenvalue weighted by atomic mass is 32.2. The van der Waals surface area contributed by atoms with Crippen molar-refractivity contribution in [2.24, 2.45) is 5.41 Å². The summed E-state index contributed by atoms with van der Waals surface area (Å²) in [5, 5.41) is 14.1. The van der Waals surface area contributed by atoms with Gasteiger partial charge in [-0.25, -0.2) is 17.8 Å². The van der Waals surface area contributed by atoms with Crippen LogP contribution in [0.3, 0.4) is 0 Å². The van der Waals surface area contributed by atoms with Crippen molar-refractivity contribution >= 4 is 27.1 Å². The van der Waals surface area contributed by atoms with E-state index in [1.165, 1.54) is 29.2 Å². The molecule has 1 unspecified atom stereocenters. The van der Waals surface area contributed by atoms with Gasteiger partial charge in [0.15, 0.2) is 21.4 Å². The summed E-state index contributed by atoms with van der Waals surface area (Å²) < 4.78 is 55.5. The first-order valence-electron chi connectivity index (χ1n) is 13.6. The standard InChI is InChI=1S/C31H34FN3O6S/c1-17(2)12-13-40-20-10-11-21(22(32)14-20)28-29-23(15-31(5,6)16-42(29,38)39)34-27-24(8-7-9-25(27)36)35(28)30(37)26-18(3)41-19(4)33-26/h7-12,14,28,34,36H,13,15-16H2,1-6H3. The van der Waals surface area contributed by atoms with E-state index in [0.29, 0.717) is 0 Å². The van der Waals surface area contributed by atoms with Crippen LogP contribution in [0.25, 0.3) is 0 Å². The number of hydrogen-bond donors (Lipinski definition) is 2. The number of carbonyl (C=O) groups excluding carboxylic acids is 1. The van der Waals surface area contributed by atoms with Crippen molar-refractivity contribution in [2.75, 3.05) is 22.6 Å². The lowest BCUT2D eigenvalue weighted by molar-refractivity contribution is 0.0974. The first-order chi connectivity index (χ1) is 19.7. The molecule has 2 N–H and O–H groups in total. The van der Waals surface area contributed by atoms with Crippen LogP contribution < -0.4 is 15.0 Å². The number of halogens is 1. The van der Waals surface area contributed by atoms with Gasteiger partial charge in [-0.2, -0.15) is 0 Å². The van der Waals surface area contributed by atoms with Crippen molar-refractivity contribution in [3.8, 4) is 11.5 Å². The number of phenols is 1. The number of rotatable bonds is 5. The zero-order valence-electron chi connectivity index (χ0n) is 24.4. The van der Waals surface area contributed by atoms with Gasteiger partial charge in [0.05, 0.1) is 16.3 Å². The number of sulfone groups is 1. The van der Waals surface area contributed by atoms with E-state index in [-0.39, 0.29) is 75.2 Å². The van der Waals surface area contributed by atoms with E-state index in [1.54, 1.807) is 26.0 Å². The minimum Gasteiger partial charge on any atom is -0.506 e. The minimum absolute atomic E-state index is 0.0496. The average molecular weight is 596 g/mol. The fourth-order valence-corrected chi connectivity index (χ4v) is 7.93. The summed E-state index contributed by atoms with van der Waals surface area (Å²) in [5.74, 6) is -1.16. The van der Waals surface area contributed by atoms with Gasteiger partial charge >= 0.3 is 0 Å². The molecule has 1 atom stereocenters. The number of aromatic hydroxyl groups is 1. The molecule has 0 saturated heterocycles. The number of amides is 1. The Bertz CT molecular complexity index is 1750. The Kier molecular flexibility index (Phi) is 7.42. The van der Waals surface area contributed by atoms with Crippen LogP contribution in [0.4, 0.5) is 15.8 Å². The topological polar surface area (TPSA) is 122 Å². The second-order valence-corrected chi connectivity index (χ2v) is 13.7. The third kappa shape index (κ3) is 5.40. The molecule has 2 aromatic carbocycles. The molecule has 0 radical (unpaired) electrons. The van der Waals surface area contributed by atoms with Gasteiger partial charge < -0.3 is 19.6 Å². The third-order valence-corrected chi connectivity index (χ3v) is 9.57. The molecule has 0 saturated carbocycles. The lowest BCUT2D eigenvalue weighted by atomic mass is 9.88. The van der Waals surface area contributed by atoms with Gasteiger partial charge in [-0.1, -0.05) is 25.5 Å². The summed E-state index contributed by atoms with van der Waals surface area (Å²) in [4.78, 5) is 19.7. The molecule has 0 spiro atoms. The first-order valence-corrected chi connectivity index (χ1v) is 15.2. The number of nitrogens with zero attached hydrogens (tertiary/aromatic N) is 2. The molecule has 1 aromatic heterocycles. The summed E-state index contributed by atoms with van der Waals surface area (Å²) in [6, 6.07) is 7.28. The van der Waals surface area contributed by atoms with Crippen molar-refractivity contribution < 1.29 is 31.9 Å². The van der Waals surface area contributed by atoms with Crippen LogP contribution >= 0.6 is 0 Å². The second-order valence-electron chi connectivity index (χ2n) is 11.7. The molecule has 9 nitrogen and oxygen atoms in total. The highest BCUT2D eigenvalue weighted by Crippen LogP contribution is 2.52. The Morgan fingerprint density at radius 3 is 2.64 bits per heavy atom. The number of carbonyl (C=O) groups is 1. The largest absolute Gasteiger partial charge is 0.506 e. The molecular weight excluding hydrogens is 561 g/mol. The number of hydrogen-bond acceptors (Lipinski definition) is 8. The van der Waals surface area contributed by atoms with Gasteiger partial charge in [0.25, 0.3) is 5.91 Å². The maximum absolute atomic E-state index is 16.1. The van der Waals surface area contributed by atoms with E-state index < -0.39 is 33.0 Å². The Labute approximate surface area is 244 Å². The molecule has 222 valence electrons. The summed E-state index contributed by atoms with van der Waals surface area (Å²) in [6.45, 7) is 10.9. The van der Waals surface area contributed by atoms with E-state index >= 15 is 4.39 Å². The van der Waals surface area contributed by atoms with E-state index in [4.69, 9.17) is 9.15 Å². The number of phenolic OH excluding ortho intramolecular Hbond substituents is 1. The molecule has 2 aliphatic rings. The minimum atomic E-state index is -4.05. The van der Waals surface area contributed by atoms with Crippen LogP contribution in [0.2, 0.25) is 0 Å². The summed E-state index contributed by atoms with van der Waals surface area (Å²) in [6.07, 6.45) is 2.13. The van der Waals surface area contributed by atoms with Crippen molar-refractivity contribution in [3.63, 3.8) is 0 Å². The molecule has 5 rings (SSSR count). The van der Waals surface area contributed by atoms with Crippen molar-refractivity contribution in [1.29, 1.82) is 0 Å². The molecule has 0 fully saturated rings. The maximum atomic E-state index is 16.1. The van der Waals surface area contributed by atoms with Crippen molar-refractivity contribution in [2.45, 2.75) is 54.0 Å². The van der Waals surface area contributed by atoms with Crippen LogP contribution in [-0.2, 0) is 9.84 Å². The maximum Gasteiger partial charge on any atom is 0.281 e. The number of nitrogens with one attached hydrogen (secondary N) is 1. The number of aromatic nitrogens is 1. The number of anilines is 2. The fraction of sp³-hybridized carbons (Fsp3) is 0.355. The van der Waals surface area contributed by atoms with Gasteiger partial charge in [-0.15, -0.1) is 0 Å². The summed E-state index contributed by atoms with van der Waals surface area (Å²) in [7, 11) is -4.05. The zero-order chi connectivity index (χ0) is 30.6. The van der Waals surface area contributed by atoms with Crippen LogP contribution in [0.1, 0.15) is 67.9 Å². The van der Waals surface area contributed by atoms with E-state index in [1.807, 2.05) is 33.8 Å². The highest BCUT2D eigenvalue weighted by molar-refractivity contribution is 7.95. The normalized spacial score (nSPS) is 18.8. The van der Waals surface area contributed by atoms with E-state index in [2.05, 4.69) is 10.3 Å². The van der Waals surface area contributed by atoms with Crippen LogP contribution in [-0.4, -0.2) is 36.8 Å². The molecule has 3 aromatic rings. The van der Waals surface area contributed by atoms with Gasteiger partial charge in [-0.05, 0) is 62.9 Å². The number of benzene rings is 2. The van der Waals surface area contributed by atoms with Crippen LogP contribution in [0, 0.1) is 25.1 Å². The first kappa shape index (κ1) is 29.4. The molecule has 42 heavy (non-hydrogen) atoms. The Morgan fingerprint density at radius 1 is 1.26 bits per heavy atom. The van der Waals surface area contributed by atoms with Gasteiger partial charge in [0, 0.05) is 24.3 Å². The summed E-state index contributed by atoms with van der Waals surface area (Å²) >= 11 is 0. The fourth-order valence-electron chi connectivity index (χ4n) is 5.57. The molecule has 2 aliphatic heterocycles. The zero-order valence-corrected chi connectivity index (χ0v) is 25.2. The number of allylic oxidation sites excluding steroid dienone is 2. The van der Waals surface area contributed by atoms with Gasteiger partial charge in [0.2, 0.25) is 0 Å². The molecule has 1 amide bonds. The SMILES string of the molecule is CC(C)=CCOc1ccc(C2C3=C(CC(C)(C)CS3(=O)=O)Nc3c(O)cccc3N2C(=O)c2nc(C)oc2C)c(F)c1. The van der Waals surface area contributed by atoms with Crippen molar-refractivity contribution in [3.05, 3.63) is 87.4 Å². The lowest BCUT2D eigenvalue weighted by Gasteiger charge is -2.37. The predicted octanol–water partition coefficient (Wildman–Crippen LogP) is 6.35. The quantitative estimate of drug-likeness (QED) is 0.259. The third-order valence-electron chi connectivity index (χ3n) is 7.26. The second kappa shape index (κ2) is 10.6. The smallest absolute Gasteiger partial charge is 0.281 e. The molecule has 0 aliphatic carbocycles. The predicted molar refractivity (Wildman–Crippen MR) is 158 cm³/mol. The number of ether oxygens (including phenoxy) is 1. The number of para-hydroxylation sites is 1. The van der Waals surface area contributed by atoms with Crippen LogP contribution in [0.5, 0.6) is 11.5 Å². The lowest BCUT2D eigenvalue weighted by Crippen LogP contribution is -2.41. The number of aryl methyl sites for hydroxylation is 2. The monoisotopic (exact) mass is 595 g/mol. The average Bonchev–Trinajstić information content (AvgIpc) is 3.12. The molecular formula is C31H34FN3O6S. The van der Waals surface area contributed by atoms with Gasteiger partial charge in [-0.3, -0.25) is 9.69 Å².